The normalized spacial score (nSPS) is 24.7. The quantitative estimate of drug-likeness (QED) is 0.777. The van der Waals surface area contributed by atoms with E-state index in [1.807, 2.05) is 6.92 Å². The zero-order valence-corrected chi connectivity index (χ0v) is 9.64. The van der Waals surface area contributed by atoms with Crippen LogP contribution in [0.2, 0.25) is 0 Å². The lowest BCUT2D eigenvalue weighted by atomic mass is 9.89. The van der Waals surface area contributed by atoms with Gasteiger partial charge in [0.05, 0.1) is 5.54 Å². The van der Waals surface area contributed by atoms with E-state index in [1.165, 1.54) is 6.07 Å². The van der Waals surface area contributed by atoms with Gasteiger partial charge in [-0.25, -0.2) is 4.39 Å². The van der Waals surface area contributed by atoms with Crippen LogP contribution < -0.4 is 5.32 Å². The van der Waals surface area contributed by atoms with Gasteiger partial charge in [0.25, 0.3) is 0 Å². The first-order chi connectivity index (χ1) is 7.53. The molecule has 0 aliphatic carbocycles. The summed E-state index contributed by atoms with van der Waals surface area (Å²) in [6, 6.07) is 4.69. The lowest BCUT2D eigenvalue weighted by Crippen LogP contribution is -2.44. The zero-order valence-electron chi connectivity index (χ0n) is 9.64. The molecule has 1 unspecified atom stereocenters. The van der Waals surface area contributed by atoms with E-state index in [1.54, 1.807) is 19.1 Å². The summed E-state index contributed by atoms with van der Waals surface area (Å²) in [4.78, 5) is 12.2. The van der Waals surface area contributed by atoms with Crippen LogP contribution in [0.15, 0.2) is 18.2 Å². The number of rotatable bonds is 2. The van der Waals surface area contributed by atoms with E-state index in [9.17, 15) is 9.18 Å². The van der Waals surface area contributed by atoms with Gasteiger partial charge in [0.1, 0.15) is 5.82 Å². The molecule has 86 valence electrons. The third-order valence-corrected chi connectivity index (χ3v) is 3.30. The Kier molecular flexibility index (Phi) is 2.80. The van der Waals surface area contributed by atoms with Gasteiger partial charge in [0.2, 0.25) is 0 Å². The maximum Gasteiger partial charge on any atom is 0.182 e. The summed E-state index contributed by atoms with van der Waals surface area (Å²) in [5.41, 5.74) is 0.517. The van der Waals surface area contributed by atoms with Crippen LogP contribution in [-0.4, -0.2) is 17.9 Å². The van der Waals surface area contributed by atoms with Crippen molar-refractivity contribution in [3.05, 3.63) is 35.1 Å². The number of nitrogens with one attached hydrogen (secondary N) is 1. The lowest BCUT2D eigenvalue weighted by Gasteiger charge is -2.22. The second-order valence-electron chi connectivity index (χ2n) is 4.66. The predicted molar refractivity (Wildman–Crippen MR) is 61.1 cm³/mol. The van der Waals surface area contributed by atoms with Crippen molar-refractivity contribution < 1.29 is 9.18 Å². The monoisotopic (exact) mass is 221 g/mol. The number of benzene rings is 1. The maximum absolute atomic E-state index is 13.4. The van der Waals surface area contributed by atoms with Crippen LogP contribution in [0.4, 0.5) is 4.39 Å². The molecule has 1 aromatic carbocycles. The molecule has 1 atom stereocenters. The Morgan fingerprint density at radius 1 is 1.50 bits per heavy atom. The van der Waals surface area contributed by atoms with E-state index in [0.29, 0.717) is 11.1 Å². The molecule has 1 N–H and O–H groups in total. The molecule has 1 heterocycles. The van der Waals surface area contributed by atoms with Gasteiger partial charge in [-0.15, -0.1) is 0 Å². The van der Waals surface area contributed by atoms with Crippen LogP contribution >= 0.6 is 0 Å². The molecule has 1 aliphatic rings. The topological polar surface area (TPSA) is 29.1 Å². The molecule has 0 saturated carbocycles. The highest BCUT2D eigenvalue weighted by Gasteiger charge is 2.36. The van der Waals surface area contributed by atoms with Crippen LogP contribution in [0, 0.1) is 12.7 Å². The van der Waals surface area contributed by atoms with Crippen molar-refractivity contribution in [3.63, 3.8) is 0 Å². The minimum Gasteiger partial charge on any atom is -0.305 e. The van der Waals surface area contributed by atoms with E-state index in [4.69, 9.17) is 0 Å². The average Bonchev–Trinajstić information content (AvgIpc) is 2.70. The van der Waals surface area contributed by atoms with Crippen molar-refractivity contribution in [3.8, 4) is 0 Å². The van der Waals surface area contributed by atoms with Crippen LogP contribution in [0.25, 0.3) is 0 Å². The molecule has 2 nitrogen and oxygen atoms in total. The van der Waals surface area contributed by atoms with Gasteiger partial charge in [-0.1, -0.05) is 12.1 Å². The molecule has 0 amide bonds. The van der Waals surface area contributed by atoms with Gasteiger partial charge < -0.3 is 5.32 Å². The Morgan fingerprint density at radius 3 is 2.81 bits per heavy atom. The number of halogens is 1. The Hall–Kier alpha value is -1.22. The minimum absolute atomic E-state index is 0.0103. The summed E-state index contributed by atoms with van der Waals surface area (Å²) in [7, 11) is 0. The summed E-state index contributed by atoms with van der Waals surface area (Å²) < 4.78 is 13.4. The first-order valence-electron chi connectivity index (χ1n) is 5.59. The molecule has 0 spiro atoms. The zero-order chi connectivity index (χ0) is 11.8. The third-order valence-electron chi connectivity index (χ3n) is 3.30. The van der Waals surface area contributed by atoms with Crippen LogP contribution in [0.5, 0.6) is 0 Å². The molecule has 0 bridgehead atoms. The summed E-state index contributed by atoms with van der Waals surface area (Å²) in [5, 5.41) is 3.19. The van der Waals surface area contributed by atoms with Crippen molar-refractivity contribution in [2.24, 2.45) is 0 Å². The van der Waals surface area contributed by atoms with Crippen LogP contribution in [0.1, 0.15) is 35.7 Å². The second-order valence-corrected chi connectivity index (χ2v) is 4.66. The number of hydrogen-bond acceptors (Lipinski definition) is 2. The number of aryl methyl sites for hydroxylation is 1. The molecule has 1 saturated heterocycles. The van der Waals surface area contributed by atoms with Crippen molar-refractivity contribution in [2.45, 2.75) is 32.2 Å². The summed E-state index contributed by atoms with van der Waals surface area (Å²) >= 11 is 0. The first-order valence-corrected chi connectivity index (χ1v) is 5.59. The van der Waals surface area contributed by atoms with Gasteiger partial charge in [-0.05, 0) is 44.9 Å². The molecular weight excluding hydrogens is 205 g/mol. The third kappa shape index (κ3) is 1.87. The summed E-state index contributed by atoms with van der Waals surface area (Å²) in [6.07, 6.45) is 1.82. The van der Waals surface area contributed by atoms with E-state index >= 15 is 0 Å². The van der Waals surface area contributed by atoms with Gasteiger partial charge in [-0.3, -0.25) is 4.79 Å². The molecule has 0 radical (unpaired) electrons. The number of carbonyl (C=O) groups excluding carboxylic acids is 1. The highest BCUT2D eigenvalue weighted by Crippen LogP contribution is 2.24. The smallest absolute Gasteiger partial charge is 0.182 e. The molecular formula is C13H16FNO. The van der Waals surface area contributed by atoms with Gasteiger partial charge in [0.15, 0.2) is 5.78 Å². The van der Waals surface area contributed by atoms with Crippen LogP contribution in [-0.2, 0) is 0 Å². The molecule has 1 fully saturated rings. The highest BCUT2D eigenvalue weighted by atomic mass is 19.1. The Balaban J connectivity index is 2.30. The standard InChI is InChI=1S/C13H16FNO/c1-9-4-5-10(8-11(9)14)12(16)13(2)6-3-7-15-13/h4-5,8,15H,3,6-7H2,1-2H3. The maximum atomic E-state index is 13.4. The Bertz CT molecular complexity index is 422. The Morgan fingerprint density at radius 2 is 2.25 bits per heavy atom. The largest absolute Gasteiger partial charge is 0.305 e. The fourth-order valence-corrected chi connectivity index (χ4v) is 2.14. The van der Waals surface area contributed by atoms with Gasteiger partial charge in [-0.2, -0.15) is 0 Å². The number of Topliss-reactive ketones (excluding diaryl/α,β-unsaturated/α-hetero) is 1. The van der Waals surface area contributed by atoms with Gasteiger partial charge >= 0.3 is 0 Å². The summed E-state index contributed by atoms with van der Waals surface area (Å²) in [5.74, 6) is -0.323. The Labute approximate surface area is 94.9 Å². The van der Waals surface area contributed by atoms with E-state index in [2.05, 4.69) is 5.32 Å². The average molecular weight is 221 g/mol. The summed E-state index contributed by atoms with van der Waals surface area (Å²) in [6.45, 7) is 4.44. The molecule has 16 heavy (non-hydrogen) atoms. The van der Waals surface area contributed by atoms with Crippen LogP contribution in [0.3, 0.4) is 0 Å². The lowest BCUT2D eigenvalue weighted by molar-refractivity contribution is 0.0884. The number of hydrogen-bond donors (Lipinski definition) is 1. The highest BCUT2D eigenvalue weighted by molar-refractivity contribution is 6.03. The fourth-order valence-electron chi connectivity index (χ4n) is 2.14. The van der Waals surface area contributed by atoms with Crippen molar-refractivity contribution in [1.82, 2.24) is 5.32 Å². The molecule has 1 aliphatic heterocycles. The number of ketones is 1. The first kappa shape index (κ1) is 11.3. The number of carbonyl (C=O) groups is 1. The fraction of sp³-hybridized carbons (Fsp3) is 0.462. The molecule has 3 heteroatoms. The minimum atomic E-state index is -0.512. The SMILES string of the molecule is Cc1ccc(C(=O)C2(C)CCCN2)cc1F. The van der Waals surface area contributed by atoms with E-state index < -0.39 is 5.54 Å². The molecule has 0 aromatic heterocycles. The van der Waals surface area contributed by atoms with Gasteiger partial charge in [0, 0.05) is 5.56 Å². The molecule has 1 aromatic rings. The van der Waals surface area contributed by atoms with Crippen molar-refractivity contribution in [2.75, 3.05) is 6.54 Å². The van der Waals surface area contributed by atoms with E-state index in [-0.39, 0.29) is 11.6 Å². The molecule has 2 rings (SSSR count). The second kappa shape index (κ2) is 3.98. The predicted octanol–water partition coefficient (Wildman–Crippen LogP) is 2.46. The van der Waals surface area contributed by atoms with E-state index in [0.717, 1.165) is 19.4 Å². The van der Waals surface area contributed by atoms with Crippen molar-refractivity contribution in [1.29, 1.82) is 0 Å². The van der Waals surface area contributed by atoms with Crippen molar-refractivity contribution >= 4 is 5.78 Å².